The zero-order valence-electron chi connectivity index (χ0n) is 10.7. The van der Waals surface area contributed by atoms with E-state index in [9.17, 15) is 0 Å². The largest absolute Gasteiger partial charge is 0.468 e. The van der Waals surface area contributed by atoms with Crippen molar-refractivity contribution in [3.8, 4) is 0 Å². The van der Waals surface area contributed by atoms with E-state index >= 15 is 0 Å². The minimum Gasteiger partial charge on any atom is -0.468 e. The van der Waals surface area contributed by atoms with Gasteiger partial charge in [-0.05, 0) is 48.9 Å². The molecule has 1 fully saturated rings. The van der Waals surface area contributed by atoms with Gasteiger partial charge in [0, 0.05) is 6.54 Å². The lowest BCUT2D eigenvalue weighted by Gasteiger charge is -2.14. The molecular formula is C16H19NO. The molecule has 1 aromatic carbocycles. The van der Waals surface area contributed by atoms with E-state index in [1.165, 1.54) is 24.0 Å². The van der Waals surface area contributed by atoms with E-state index in [0.717, 1.165) is 18.2 Å². The fourth-order valence-electron chi connectivity index (χ4n) is 2.39. The number of hydrogen-bond acceptors (Lipinski definition) is 2. The van der Waals surface area contributed by atoms with Gasteiger partial charge < -0.3 is 9.73 Å². The molecule has 0 unspecified atom stereocenters. The Morgan fingerprint density at radius 2 is 2.06 bits per heavy atom. The molecule has 0 radical (unpaired) electrons. The molecule has 2 nitrogen and oxygen atoms in total. The van der Waals surface area contributed by atoms with Crippen molar-refractivity contribution in [3.63, 3.8) is 0 Å². The Hall–Kier alpha value is -1.54. The standard InChI is InChI=1S/C16H19NO/c1-12(16-7-4-10-18-16)17-11-14-5-2-3-6-15(14)13-8-9-13/h2-7,10,12-13,17H,8-9,11H2,1H3/t12-/m0/s1. The molecule has 1 heterocycles. The smallest absolute Gasteiger partial charge is 0.120 e. The van der Waals surface area contributed by atoms with E-state index in [0.29, 0.717) is 0 Å². The summed E-state index contributed by atoms with van der Waals surface area (Å²) < 4.78 is 5.41. The van der Waals surface area contributed by atoms with E-state index in [4.69, 9.17) is 4.42 Å². The van der Waals surface area contributed by atoms with E-state index in [1.54, 1.807) is 6.26 Å². The molecule has 1 N–H and O–H groups in total. The minimum absolute atomic E-state index is 0.257. The Morgan fingerprint density at radius 1 is 1.22 bits per heavy atom. The number of furan rings is 1. The summed E-state index contributed by atoms with van der Waals surface area (Å²) in [5.41, 5.74) is 2.95. The summed E-state index contributed by atoms with van der Waals surface area (Å²) >= 11 is 0. The normalized spacial score (nSPS) is 16.7. The summed E-state index contributed by atoms with van der Waals surface area (Å²) in [5.74, 6) is 1.81. The summed E-state index contributed by atoms with van der Waals surface area (Å²) in [6.07, 6.45) is 4.43. The van der Waals surface area contributed by atoms with Gasteiger partial charge in [0.25, 0.3) is 0 Å². The van der Waals surface area contributed by atoms with Gasteiger partial charge >= 0.3 is 0 Å². The third kappa shape index (κ3) is 2.49. The monoisotopic (exact) mass is 241 g/mol. The van der Waals surface area contributed by atoms with Crippen molar-refractivity contribution >= 4 is 0 Å². The van der Waals surface area contributed by atoms with Crippen LogP contribution in [0.2, 0.25) is 0 Å². The van der Waals surface area contributed by atoms with Crippen LogP contribution in [0.15, 0.2) is 47.1 Å². The molecule has 0 bridgehead atoms. The van der Waals surface area contributed by atoms with Gasteiger partial charge in [-0.15, -0.1) is 0 Å². The van der Waals surface area contributed by atoms with Crippen LogP contribution in [0.5, 0.6) is 0 Å². The lowest BCUT2D eigenvalue weighted by molar-refractivity contribution is 0.430. The van der Waals surface area contributed by atoms with Gasteiger partial charge in [0.05, 0.1) is 12.3 Å². The predicted molar refractivity (Wildman–Crippen MR) is 72.4 cm³/mol. The molecule has 3 rings (SSSR count). The first kappa shape index (κ1) is 11.5. The second-order valence-corrected chi connectivity index (χ2v) is 5.09. The van der Waals surface area contributed by atoms with Crippen molar-refractivity contribution in [2.24, 2.45) is 0 Å². The summed E-state index contributed by atoms with van der Waals surface area (Å²) in [7, 11) is 0. The van der Waals surface area contributed by atoms with Crippen LogP contribution >= 0.6 is 0 Å². The molecule has 94 valence electrons. The Morgan fingerprint density at radius 3 is 2.78 bits per heavy atom. The van der Waals surface area contributed by atoms with Crippen LogP contribution in [0.1, 0.15) is 48.6 Å². The number of nitrogens with one attached hydrogen (secondary N) is 1. The lowest BCUT2D eigenvalue weighted by atomic mass is 10.0. The minimum atomic E-state index is 0.257. The molecule has 1 aliphatic rings. The van der Waals surface area contributed by atoms with Crippen LogP contribution in [0.4, 0.5) is 0 Å². The SMILES string of the molecule is C[C@H](NCc1ccccc1C1CC1)c1ccco1. The first-order valence-electron chi connectivity index (χ1n) is 6.69. The summed E-state index contributed by atoms with van der Waals surface area (Å²) in [4.78, 5) is 0. The quantitative estimate of drug-likeness (QED) is 0.855. The molecule has 0 aliphatic heterocycles. The Bertz CT molecular complexity index is 500. The van der Waals surface area contributed by atoms with Gasteiger partial charge in [0.2, 0.25) is 0 Å². The van der Waals surface area contributed by atoms with Gasteiger partial charge in [-0.25, -0.2) is 0 Å². The van der Waals surface area contributed by atoms with Gasteiger partial charge in [0.15, 0.2) is 0 Å². The first-order valence-corrected chi connectivity index (χ1v) is 6.69. The Labute approximate surface area is 108 Å². The molecule has 2 aromatic rings. The fourth-order valence-corrected chi connectivity index (χ4v) is 2.39. The number of benzene rings is 1. The molecule has 0 amide bonds. The average molecular weight is 241 g/mol. The van der Waals surface area contributed by atoms with Crippen LogP contribution in [-0.2, 0) is 6.54 Å². The molecule has 1 saturated carbocycles. The highest BCUT2D eigenvalue weighted by molar-refractivity contribution is 5.33. The van der Waals surface area contributed by atoms with Crippen LogP contribution in [0.3, 0.4) is 0 Å². The zero-order chi connectivity index (χ0) is 12.4. The lowest BCUT2D eigenvalue weighted by Crippen LogP contribution is -2.18. The summed E-state index contributed by atoms with van der Waals surface area (Å²) in [5, 5.41) is 3.53. The third-order valence-corrected chi connectivity index (χ3v) is 3.64. The maximum Gasteiger partial charge on any atom is 0.120 e. The Balaban J connectivity index is 1.66. The molecule has 1 aromatic heterocycles. The second kappa shape index (κ2) is 4.99. The maximum absolute atomic E-state index is 5.41. The van der Waals surface area contributed by atoms with E-state index < -0.39 is 0 Å². The van der Waals surface area contributed by atoms with Gasteiger partial charge in [0.1, 0.15) is 5.76 Å². The van der Waals surface area contributed by atoms with Crippen molar-refractivity contribution in [1.29, 1.82) is 0 Å². The van der Waals surface area contributed by atoms with Crippen molar-refractivity contribution in [3.05, 3.63) is 59.5 Å². The number of rotatable bonds is 5. The fraction of sp³-hybridized carbons (Fsp3) is 0.375. The highest BCUT2D eigenvalue weighted by Crippen LogP contribution is 2.41. The van der Waals surface area contributed by atoms with Crippen molar-refractivity contribution < 1.29 is 4.42 Å². The van der Waals surface area contributed by atoms with Crippen LogP contribution in [-0.4, -0.2) is 0 Å². The third-order valence-electron chi connectivity index (χ3n) is 3.64. The van der Waals surface area contributed by atoms with Crippen molar-refractivity contribution in [2.75, 3.05) is 0 Å². The van der Waals surface area contributed by atoms with Gasteiger partial charge in [-0.1, -0.05) is 24.3 Å². The van der Waals surface area contributed by atoms with E-state index in [2.05, 4.69) is 36.5 Å². The molecule has 2 heteroatoms. The first-order chi connectivity index (χ1) is 8.84. The molecular weight excluding hydrogens is 222 g/mol. The van der Waals surface area contributed by atoms with Crippen LogP contribution in [0, 0.1) is 0 Å². The highest BCUT2D eigenvalue weighted by atomic mass is 16.3. The van der Waals surface area contributed by atoms with E-state index in [1.807, 2.05) is 12.1 Å². The average Bonchev–Trinajstić information content (AvgIpc) is 3.10. The van der Waals surface area contributed by atoms with Crippen molar-refractivity contribution in [2.45, 2.75) is 38.3 Å². The van der Waals surface area contributed by atoms with E-state index in [-0.39, 0.29) is 6.04 Å². The predicted octanol–water partition coefficient (Wildman–Crippen LogP) is 4.01. The molecule has 1 aliphatic carbocycles. The summed E-state index contributed by atoms with van der Waals surface area (Å²) in [6.45, 7) is 3.05. The highest BCUT2D eigenvalue weighted by Gasteiger charge is 2.25. The van der Waals surface area contributed by atoms with Gasteiger partial charge in [-0.2, -0.15) is 0 Å². The van der Waals surface area contributed by atoms with Crippen LogP contribution < -0.4 is 5.32 Å². The maximum atomic E-state index is 5.41. The molecule has 0 spiro atoms. The Kier molecular flexibility index (Phi) is 3.20. The topological polar surface area (TPSA) is 25.2 Å². The van der Waals surface area contributed by atoms with Gasteiger partial charge in [-0.3, -0.25) is 0 Å². The second-order valence-electron chi connectivity index (χ2n) is 5.09. The molecule has 0 saturated heterocycles. The zero-order valence-corrected chi connectivity index (χ0v) is 10.7. The molecule has 18 heavy (non-hydrogen) atoms. The number of hydrogen-bond donors (Lipinski definition) is 1. The van der Waals surface area contributed by atoms with Crippen molar-refractivity contribution in [1.82, 2.24) is 5.32 Å². The van der Waals surface area contributed by atoms with Crippen LogP contribution in [0.25, 0.3) is 0 Å². The molecule has 1 atom stereocenters. The summed E-state index contributed by atoms with van der Waals surface area (Å²) in [6, 6.07) is 13.0.